The second-order valence-corrected chi connectivity index (χ2v) is 4.01. The smallest absolute Gasteiger partial charge is 0.170 e. The van der Waals surface area contributed by atoms with Gasteiger partial charge in [-0.25, -0.2) is 8.78 Å². The quantitative estimate of drug-likeness (QED) is 0.659. The zero-order chi connectivity index (χ0) is 12.7. The van der Waals surface area contributed by atoms with Crippen molar-refractivity contribution in [2.24, 2.45) is 0 Å². The molecule has 0 atom stereocenters. The molecule has 1 heterocycles. The maximum atomic E-state index is 13.7. The molecule has 0 radical (unpaired) electrons. The van der Waals surface area contributed by atoms with E-state index < -0.39 is 11.6 Å². The van der Waals surface area contributed by atoms with E-state index in [1.54, 1.807) is 18.2 Å². The Morgan fingerprint density at radius 1 is 0.944 bits per heavy atom. The number of nitrogen functional groups attached to an aromatic ring is 1. The van der Waals surface area contributed by atoms with E-state index in [2.05, 4.69) is 0 Å². The number of rotatable bonds is 1. The van der Waals surface area contributed by atoms with E-state index in [0.29, 0.717) is 11.1 Å². The second-order valence-electron chi connectivity index (χ2n) is 4.01. The Balaban J connectivity index is 2.26. The summed E-state index contributed by atoms with van der Waals surface area (Å²) in [5, 5.41) is 0.590. The van der Waals surface area contributed by atoms with E-state index in [1.165, 1.54) is 24.3 Å². The number of hydrogen-bond acceptors (Lipinski definition) is 2. The highest BCUT2D eigenvalue weighted by molar-refractivity contribution is 5.83. The lowest BCUT2D eigenvalue weighted by molar-refractivity contribution is 0.562. The Labute approximate surface area is 102 Å². The van der Waals surface area contributed by atoms with E-state index >= 15 is 0 Å². The summed E-state index contributed by atoms with van der Waals surface area (Å²) in [6.45, 7) is 0. The van der Waals surface area contributed by atoms with Gasteiger partial charge in [-0.05, 0) is 30.3 Å². The van der Waals surface area contributed by atoms with E-state index in [4.69, 9.17) is 10.2 Å². The van der Waals surface area contributed by atoms with Crippen LogP contribution in [0.4, 0.5) is 14.5 Å². The minimum absolute atomic E-state index is 0.120. The topological polar surface area (TPSA) is 39.2 Å². The molecule has 0 spiro atoms. The van der Waals surface area contributed by atoms with Gasteiger partial charge in [0.2, 0.25) is 0 Å². The summed E-state index contributed by atoms with van der Waals surface area (Å²) in [7, 11) is 0. The molecule has 0 aliphatic rings. The first-order valence-corrected chi connectivity index (χ1v) is 5.38. The lowest BCUT2D eigenvalue weighted by Gasteiger charge is -2.00. The van der Waals surface area contributed by atoms with Crippen molar-refractivity contribution >= 4 is 16.7 Å². The van der Waals surface area contributed by atoms with Gasteiger partial charge in [-0.2, -0.15) is 0 Å². The predicted octanol–water partition coefficient (Wildman–Crippen LogP) is 3.96. The summed E-state index contributed by atoms with van der Waals surface area (Å²) in [6.07, 6.45) is 0. The van der Waals surface area contributed by atoms with Gasteiger partial charge in [-0.15, -0.1) is 0 Å². The maximum Gasteiger partial charge on any atom is 0.170 e. The minimum atomic E-state index is -0.469. The standard InChI is InChI=1S/C14H9F2NO/c15-11-5-4-9(17)7-10(11)13-6-8-2-1-3-12(16)14(8)18-13/h1-7H,17H2. The average Bonchev–Trinajstić information content (AvgIpc) is 2.77. The molecule has 18 heavy (non-hydrogen) atoms. The van der Waals surface area contributed by atoms with Gasteiger partial charge in [0, 0.05) is 11.1 Å². The van der Waals surface area contributed by atoms with Gasteiger partial charge in [-0.1, -0.05) is 12.1 Å². The van der Waals surface area contributed by atoms with E-state index in [9.17, 15) is 8.78 Å². The second kappa shape index (κ2) is 3.84. The molecule has 0 aliphatic heterocycles. The van der Waals surface area contributed by atoms with Crippen molar-refractivity contribution in [2.75, 3.05) is 5.73 Å². The molecular formula is C14H9F2NO. The minimum Gasteiger partial charge on any atom is -0.453 e. The van der Waals surface area contributed by atoms with Crippen LogP contribution in [0.1, 0.15) is 0 Å². The third-order valence-electron chi connectivity index (χ3n) is 2.75. The number of hydrogen-bond donors (Lipinski definition) is 1. The molecule has 0 bridgehead atoms. The predicted molar refractivity (Wildman–Crippen MR) is 66.0 cm³/mol. The fourth-order valence-corrected chi connectivity index (χ4v) is 1.89. The van der Waals surface area contributed by atoms with Crippen molar-refractivity contribution in [1.29, 1.82) is 0 Å². The van der Waals surface area contributed by atoms with Crippen LogP contribution < -0.4 is 5.73 Å². The number of nitrogens with two attached hydrogens (primary N) is 1. The fourth-order valence-electron chi connectivity index (χ4n) is 1.89. The molecular weight excluding hydrogens is 236 g/mol. The Morgan fingerprint density at radius 3 is 2.56 bits per heavy atom. The molecule has 2 aromatic carbocycles. The molecule has 0 unspecified atom stereocenters. The summed E-state index contributed by atoms with van der Waals surface area (Å²) in [5.74, 6) is -0.661. The molecule has 2 nitrogen and oxygen atoms in total. The largest absolute Gasteiger partial charge is 0.453 e. The van der Waals surface area contributed by atoms with Crippen molar-refractivity contribution in [1.82, 2.24) is 0 Å². The summed E-state index contributed by atoms with van der Waals surface area (Å²) in [6, 6.07) is 10.4. The molecule has 3 aromatic rings. The molecule has 4 heteroatoms. The third-order valence-corrected chi connectivity index (χ3v) is 2.75. The number of halogens is 2. The molecule has 1 aromatic heterocycles. The van der Waals surface area contributed by atoms with Crippen molar-refractivity contribution in [3.05, 3.63) is 54.1 Å². The molecule has 90 valence electrons. The highest BCUT2D eigenvalue weighted by Crippen LogP contribution is 2.31. The first kappa shape index (κ1) is 10.8. The van der Waals surface area contributed by atoms with E-state index in [-0.39, 0.29) is 16.9 Å². The summed E-state index contributed by atoms with van der Waals surface area (Å²) in [5.41, 5.74) is 6.38. The lowest BCUT2D eigenvalue weighted by Crippen LogP contribution is -1.88. The van der Waals surface area contributed by atoms with Gasteiger partial charge in [-0.3, -0.25) is 0 Å². The first-order valence-electron chi connectivity index (χ1n) is 5.38. The highest BCUT2D eigenvalue weighted by Gasteiger charge is 2.13. The van der Waals surface area contributed by atoms with Gasteiger partial charge >= 0.3 is 0 Å². The highest BCUT2D eigenvalue weighted by atomic mass is 19.1. The fraction of sp³-hybridized carbons (Fsp3) is 0. The molecule has 0 aliphatic carbocycles. The van der Waals surface area contributed by atoms with Crippen molar-refractivity contribution in [2.45, 2.75) is 0 Å². The van der Waals surface area contributed by atoms with Crippen molar-refractivity contribution in [3.8, 4) is 11.3 Å². The molecule has 3 rings (SSSR count). The Kier molecular flexibility index (Phi) is 2.30. The number of furan rings is 1. The van der Waals surface area contributed by atoms with Crippen LogP contribution in [0.25, 0.3) is 22.3 Å². The van der Waals surface area contributed by atoms with Crippen LogP contribution in [-0.4, -0.2) is 0 Å². The van der Waals surface area contributed by atoms with Gasteiger partial charge < -0.3 is 10.2 Å². The zero-order valence-corrected chi connectivity index (χ0v) is 9.28. The van der Waals surface area contributed by atoms with E-state index in [1.807, 2.05) is 0 Å². The number of para-hydroxylation sites is 1. The normalized spacial score (nSPS) is 11.0. The van der Waals surface area contributed by atoms with Crippen molar-refractivity contribution < 1.29 is 13.2 Å². The monoisotopic (exact) mass is 245 g/mol. The molecule has 0 saturated heterocycles. The van der Waals surface area contributed by atoms with Crippen LogP contribution in [0.3, 0.4) is 0 Å². The first-order chi connectivity index (χ1) is 8.65. The van der Waals surface area contributed by atoms with Gasteiger partial charge in [0.1, 0.15) is 11.6 Å². The van der Waals surface area contributed by atoms with E-state index in [0.717, 1.165) is 0 Å². The summed E-state index contributed by atoms with van der Waals surface area (Å²) in [4.78, 5) is 0. The van der Waals surface area contributed by atoms with Crippen LogP contribution in [0.2, 0.25) is 0 Å². The van der Waals surface area contributed by atoms with Crippen LogP contribution in [0.5, 0.6) is 0 Å². The SMILES string of the molecule is Nc1ccc(F)c(-c2cc3cccc(F)c3o2)c1. The molecule has 2 N–H and O–H groups in total. The maximum absolute atomic E-state index is 13.7. The van der Waals surface area contributed by atoms with Crippen LogP contribution >= 0.6 is 0 Å². The Bertz CT molecular complexity index is 734. The van der Waals surface area contributed by atoms with Crippen LogP contribution in [0.15, 0.2) is 46.9 Å². The van der Waals surface area contributed by atoms with Crippen LogP contribution in [0, 0.1) is 11.6 Å². The Hall–Kier alpha value is -2.36. The van der Waals surface area contributed by atoms with Crippen molar-refractivity contribution in [3.63, 3.8) is 0 Å². The van der Waals surface area contributed by atoms with Gasteiger partial charge in [0.15, 0.2) is 11.4 Å². The number of anilines is 1. The summed E-state index contributed by atoms with van der Waals surface area (Å²) < 4.78 is 32.5. The zero-order valence-electron chi connectivity index (χ0n) is 9.28. The van der Waals surface area contributed by atoms with Gasteiger partial charge in [0.05, 0.1) is 5.56 Å². The Morgan fingerprint density at radius 2 is 1.78 bits per heavy atom. The molecule has 0 saturated carbocycles. The summed E-state index contributed by atoms with van der Waals surface area (Å²) >= 11 is 0. The van der Waals surface area contributed by atoms with Crippen LogP contribution in [-0.2, 0) is 0 Å². The number of benzene rings is 2. The molecule has 0 fully saturated rings. The van der Waals surface area contributed by atoms with Gasteiger partial charge in [0.25, 0.3) is 0 Å². The molecule has 0 amide bonds. The lowest BCUT2D eigenvalue weighted by atomic mass is 10.1. The third kappa shape index (κ3) is 1.62. The number of fused-ring (bicyclic) bond motifs is 1. The average molecular weight is 245 g/mol.